The van der Waals surface area contributed by atoms with Crippen LogP contribution in [-0.4, -0.2) is 42.1 Å². The van der Waals surface area contributed by atoms with E-state index in [-0.39, 0.29) is 29.5 Å². The molecule has 1 fully saturated rings. The zero-order valence-electron chi connectivity index (χ0n) is 11.7. The molecule has 1 saturated carbocycles. The van der Waals surface area contributed by atoms with Gasteiger partial charge in [-0.15, -0.1) is 24.0 Å². The van der Waals surface area contributed by atoms with Crippen molar-refractivity contribution >= 4 is 29.9 Å². The summed E-state index contributed by atoms with van der Waals surface area (Å²) >= 11 is 0. The van der Waals surface area contributed by atoms with Gasteiger partial charge >= 0.3 is 0 Å². The summed E-state index contributed by atoms with van der Waals surface area (Å²) in [7, 11) is 2.17. The fourth-order valence-corrected chi connectivity index (χ4v) is 1.62. The Bertz CT molecular complexity index is 256. The van der Waals surface area contributed by atoms with Gasteiger partial charge in [0.25, 0.3) is 0 Å². The molecule has 102 valence electrons. The van der Waals surface area contributed by atoms with Crippen LogP contribution in [0.2, 0.25) is 0 Å². The molecule has 0 heterocycles. The van der Waals surface area contributed by atoms with Gasteiger partial charge in [0, 0.05) is 17.6 Å². The van der Waals surface area contributed by atoms with E-state index in [2.05, 4.69) is 50.0 Å². The molecule has 17 heavy (non-hydrogen) atoms. The van der Waals surface area contributed by atoms with Crippen molar-refractivity contribution in [3.05, 3.63) is 0 Å². The number of halogens is 1. The molecular weight excluding hydrogens is 327 g/mol. The van der Waals surface area contributed by atoms with E-state index in [1.807, 2.05) is 0 Å². The first-order valence-corrected chi connectivity index (χ1v) is 6.09. The van der Waals surface area contributed by atoms with Crippen LogP contribution in [0.25, 0.3) is 0 Å². The number of hydrogen-bond acceptors (Lipinski definition) is 2. The topological polar surface area (TPSA) is 53.6 Å². The molecule has 0 aromatic rings. The number of nitrogens with two attached hydrogens (primary N) is 1. The predicted molar refractivity (Wildman–Crippen MR) is 85.0 cm³/mol. The van der Waals surface area contributed by atoms with Gasteiger partial charge in [-0.1, -0.05) is 0 Å². The molecule has 0 bridgehead atoms. The minimum Gasteiger partial charge on any atom is -0.370 e. The second kappa shape index (κ2) is 6.78. The Morgan fingerprint density at radius 2 is 2.00 bits per heavy atom. The third-order valence-electron chi connectivity index (χ3n) is 2.85. The van der Waals surface area contributed by atoms with Gasteiger partial charge in [0.05, 0.1) is 6.54 Å². The molecule has 5 heteroatoms. The van der Waals surface area contributed by atoms with Gasteiger partial charge in [-0.2, -0.15) is 0 Å². The maximum absolute atomic E-state index is 5.82. The van der Waals surface area contributed by atoms with Gasteiger partial charge in [-0.05, 0) is 47.6 Å². The lowest BCUT2D eigenvalue weighted by molar-refractivity contribution is 0.253. The fourth-order valence-electron chi connectivity index (χ4n) is 1.62. The molecule has 4 nitrogen and oxygen atoms in total. The molecule has 1 aliphatic rings. The van der Waals surface area contributed by atoms with Gasteiger partial charge in [0.2, 0.25) is 0 Å². The van der Waals surface area contributed by atoms with Crippen LogP contribution in [0.4, 0.5) is 0 Å². The van der Waals surface area contributed by atoms with E-state index < -0.39 is 0 Å². The average molecular weight is 354 g/mol. The first-order chi connectivity index (χ1) is 7.29. The van der Waals surface area contributed by atoms with E-state index >= 15 is 0 Å². The van der Waals surface area contributed by atoms with E-state index in [4.69, 9.17) is 5.73 Å². The molecule has 1 aliphatic carbocycles. The Labute approximate surface area is 122 Å². The van der Waals surface area contributed by atoms with E-state index in [9.17, 15) is 0 Å². The number of likely N-dealkylation sites (N-methyl/N-ethyl adjacent to an activating group) is 1. The van der Waals surface area contributed by atoms with Crippen LogP contribution in [0.15, 0.2) is 4.99 Å². The van der Waals surface area contributed by atoms with Crippen molar-refractivity contribution in [2.45, 2.75) is 58.2 Å². The molecule has 0 aliphatic heterocycles. The lowest BCUT2D eigenvalue weighted by Crippen LogP contribution is -2.45. The fraction of sp³-hybridized carbons (Fsp3) is 0.917. The highest BCUT2D eigenvalue weighted by Crippen LogP contribution is 2.26. The van der Waals surface area contributed by atoms with Gasteiger partial charge < -0.3 is 11.1 Å². The molecule has 1 unspecified atom stereocenters. The first-order valence-electron chi connectivity index (χ1n) is 6.09. The number of nitrogens with one attached hydrogen (secondary N) is 1. The Balaban J connectivity index is 0.00000256. The molecule has 3 N–H and O–H groups in total. The Morgan fingerprint density at radius 1 is 1.47 bits per heavy atom. The van der Waals surface area contributed by atoms with Crippen LogP contribution < -0.4 is 11.1 Å². The molecular formula is C12H27IN4. The molecule has 0 saturated heterocycles. The molecule has 1 rings (SSSR count). The molecule has 1 atom stereocenters. The molecule has 0 amide bonds. The van der Waals surface area contributed by atoms with Gasteiger partial charge in [0.15, 0.2) is 5.96 Å². The van der Waals surface area contributed by atoms with Crippen LogP contribution in [0, 0.1) is 0 Å². The Hall–Kier alpha value is -0.0400. The monoisotopic (exact) mass is 354 g/mol. The summed E-state index contributed by atoms with van der Waals surface area (Å²) < 4.78 is 0. The molecule has 0 spiro atoms. The average Bonchev–Trinajstić information content (AvgIpc) is 2.93. The first kappa shape index (κ1) is 17.0. The molecule has 0 aromatic carbocycles. The number of aliphatic imine (C=N–C) groups is 1. The summed E-state index contributed by atoms with van der Waals surface area (Å²) in [5, 5.41) is 3.17. The lowest BCUT2D eigenvalue weighted by atomic mass is 10.1. The molecule has 0 aromatic heterocycles. The highest BCUT2D eigenvalue weighted by Gasteiger charge is 2.28. The lowest BCUT2D eigenvalue weighted by Gasteiger charge is -2.24. The predicted octanol–water partition coefficient (Wildman–Crippen LogP) is 1.79. The summed E-state index contributed by atoms with van der Waals surface area (Å²) in [4.78, 5) is 6.78. The quantitative estimate of drug-likeness (QED) is 0.460. The third kappa shape index (κ3) is 7.08. The van der Waals surface area contributed by atoms with E-state index in [0.717, 1.165) is 12.6 Å². The zero-order chi connectivity index (χ0) is 12.3. The van der Waals surface area contributed by atoms with E-state index in [0.29, 0.717) is 12.0 Å². The minimum absolute atomic E-state index is 0. The van der Waals surface area contributed by atoms with Crippen molar-refractivity contribution in [1.82, 2.24) is 10.2 Å². The summed E-state index contributed by atoms with van der Waals surface area (Å²) in [5.74, 6) is 0.545. The number of hydrogen-bond donors (Lipinski definition) is 2. The highest BCUT2D eigenvalue weighted by atomic mass is 127. The van der Waals surface area contributed by atoms with Crippen molar-refractivity contribution in [1.29, 1.82) is 0 Å². The zero-order valence-corrected chi connectivity index (χ0v) is 14.0. The number of guanidine groups is 1. The normalized spacial score (nSPS) is 18.8. The van der Waals surface area contributed by atoms with E-state index in [1.165, 1.54) is 12.8 Å². The van der Waals surface area contributed by atoms with Crippen LogP contribution in [0.1, 0.15) is 40.5 Å². The standard InChI is InChI=1S/C12H26N4.HI/c1-9(16(5)10-6-7-10)8-14-11(13)15-12(2,3)4;/h9-10H,6-8H2,1-5H3,(H3,13,14,15);1H. The Morgan fingerprint density at radius 3 is 2.41 bits per heavy atom. The number of rotatable bonds is 4. The maximum atomic E-state index is 5.82. The third-order valence-corrected chi connectivity index (χ3v) is 2.85. The Kier molecular flexibility index (Phi) is 6.76. The molecule has 0 radical (unpaired) electrons. The van der Waals surface area contributed by atoms with Crippen LogP contribution >= 0.6 is 24.0 Å². The van der Waals surface area contributed by atoms with E-state index in [1.54, 1.807) is 0 Å². The van der Waals surface area contributed by atoms with Crippen molar-refractivity contribution in [2.24, 2.45) is 10.7 Å². The minimum atomic E-state index is -0.0147. The van der Waals surface area contributed by atoms with Gasteiger partial charge in [-0.3, -0.25) is 9.89 Å². The van der Waals surface area contributed by atoms with Crippen LogP contribution in [-0.2, 0) is 0 Å². The summed E-state index contributed by atoms with van der Waals surface area (Å²) in [6.07, 6.45) is 2.67. The second-order valence-electron chi connectivity index (χ2n) is 5.85. The smallest absolute Gasteiger partial charge is 0.189 e. The maximum Gasteiger partial charge on any atom is 0.189 e. The van der Waals surface area contributed by atoms with Gasteiger partial charge in [-0.25, -0.2) is 0 Å². The highest BCUT2D eigenvalue weighted by molar-refractivity contribution is 14.0. The largest absolute Gasteiger partial charge is 0.370 e. The number of nitrogens with zero attached hydrogens (tertiary/aromatic N) is 2. The summed E-state index contributed by atoms with van der Waals surface area (Å²) in [6.45, 7) is 9.20. The summed E-state index contributed by atoms with van der Waals surface area (Å²) in [5.41, 5.74) is 5.81. The SMILES string of the molecule is CC(CN=C(N)NC(C)(C)C)N(C)C1CC1.I. The summed E-state index contributed by atoms with van der Waals surface area (Å²) in [6, 6.07) is 1.25. The van der Waals surface area contributed by atoms with Crippen molar-refractivity contribution in [2.75, 3.05) is 13.6 Å². The van der Waals surface area contributed by atoms with Crippen LogP contribution in [0.3, 0.4) is 0 Å². The van der Waals surface area contributed by atoms with Crippen LogP contribution in [0.5, 0.6) is 0 Å². The van der Waals surface area contributed by atoms with Gasteiger partial charge in [0.1, 0.15) is 0 Å². The van der Waals surface area contributed by atoms with Crippen molar-refractivity contribution in [3.63, 3.8) is 0 Å². The van der Waals surface area contributed by atoms with Crippen molar-refractivity contribution < 1.29 is 0 Å². The second-order valence-corrected chi connectivity index (χ2v) is 5.85. The van der Waals surface area contributed by atoms with Crippen molar-refractivity contribution in [3.8, 4) is 0 Å².